The minimum atomic E-state index is -1.26. The van der Waals surface area contributed by atoms with Gasteiger partial charge in [0.05, 0.1) is 11.5 Å². The number of nitrogens with zero attached hydrogens (tertiary/aromatic N) is 1. The largest absolute Gasteiger partial charge is 0.478 e. The fourth-order valence-electron chi connectivity index (χ4n) is 4.01. The molecule has 0 aromatic heterocycles. The molecular weight excluding hydrogens is 457 g/mol. The number of ether oxygens (including phenoxy) is 1. The third-order valence-electron chi connectivity index (χ3n) is 5.62. The quantitative estimate of drug-likeness (QED) is 0.558. The lowest BCUT2D eigenvalue weighted by Gasteiger charge is -2.37. The monoisotopic (exact) mass is 481 g/mol. The van der Waals surface area contributed by atoms with E-state index in [2.05, 4.69) is 11.9 Å². The first-order chi connectivity index (χ1) is 15.2. The lowest BCUT2D eigenvalue weighted by molar-refractivity contribution is -0.134. The van der Waals surface area contributed by atoms with Gasteiger partial charge in [-0.1, -0.05) is 17.7 Å². The number of likely N-dealkylation sites (tertiary alicyclic amines) is 1. The van der Waals surface area contributed by atoms with E-state index in [1.54, 1.807) is 30.2 Å². The maximum Gasteiger partial charge on any atom is 0.328 e. The molecule has 0 radical (unpaired) electrons. The molecule has 4 rings (SSSR count). The Morgan fingerprint density at radius 3 is 2.50 bits per heavy atom. The number of rotatable bonds is 3. The maximum absolute atomic E-state index is 13.5. The molecule has 0 bridgehead atoms. The number of hydrogen-bond acceptors (Lipinski definition) is 5. The summed E-state index contributed by atoms with van der Waals surface area (Å²) in [6.45, 7) is 2.27. The second-order valence-corrected chi connectivity index (χ2v) is 9.61. The Hall–Kier alpha value is -2.29. The molecular formula is C23H25ClFNO5S. The fraction of sp³-hybridized carbons (Fsp3) is 0.391. The van der Waals surface area contributed by atoms with Crippen molar-refractivity contribution in [3.8, 4) is 0 Å². The number of allylic oxidation sites excluding steroid dienone is 6. The molecule has 2 atom stereocenters. The highest BCUT2D eigenvalue weighted by atomic mass is 35.5. The number of fused-ring (bicyclic) bond motifs is 1. The molecule has 2 aliphatic carbocycles. The van der Waals surface area contributed by atoms with Crippen LogP contribution in [0.2, 0.25) is 0 Å². The second-order valence-electron chi connectivity index (χ2n) is 7.94. The van der Waals surface area contributed by atoms with Crippen LogP contribution in [0.1, 0.15) is 19.3 Å². The van der Waals surface area contributed by atoms with Crippen LogP contribution in [0.15, 0.2) is 69.8 Å². The van der Waals surface area contributed by atoms with E-state index in [4.69, 9.17) is 26.6 Å². The van der Waals surface area contributed by atoms with E-state index in [9.17, 15) is 14.0 Å². The number of carboxylic acids is 2. The average Bonchev–Trinajstić information content (AvgIpc) is 2.92. The molecule has 0 spiro atoms. The van der Waals surface area contributed by atoms with Crippen LogP contribution in [0.25, 0.3) is 0 Å². The van der Waals surface area contributed by atoms with E-state index in [0.29, 0.717) is 24.0 Å². The molecule has 172 valence electrons. The molecule has 0 aromatic rings. The Morgan fingerprint density at radius 2 is 1.88 bits per heavy atom. The van der Waals surface area contributed by atoms with Crippen molar-refractivity contribution in [1.82, 2.24) is 4.90 Å². The lowest BCUT2D eigenvalue weighted by atomic mass is 9.80. The summed E-state index contributed by atoms with van der Waals surface area (Å²) in [7, 11) is 2.18. The van der Waals surface area contributed by atoms with Crippen molar-refractivity contribution in [2.45, 2.75) is 24.5 Å². The van der Waals surface area contributed by atoms with Crippen molar-refractivity contribution in [1.29, 1.82) is 0 Å². The van der Waals surface area contributed by atoms with Crippen molar-refractivity contribution >= 4 is 35.3 Å². The third-order valence-corrected chi connectivity index (χ3v) is 7.33. The van der Waals surface area contributed by atoms with Gasteiger partial charge in [-0.3, -0.25) is 0 Å². The van der Waals surface area contributed by atoms with Gasteiger partial charge < -0.3 is 19.8 Å². The molecule has 1 fully saturated rings. The van der Waals surface area contributed by atoms with E-state index >= 15 is 0 Å². The summed E-state index contributed by atoms with van der Waals surface area (Å²) >= 11 is 8.23. The Balaban J connectivity index is 0.000000312. The Bertz CT molecular complexity index is 928. The van der Waals surface area contributed by atoms with Crippen LogP contribution in [0.5, 0.6) is 0 Å². The van der Waals surface area contributed by atoms with Gasteiger partial charge in [-0.05, 0) is 63.5 Å². The summed E-state index contributed by atoms with van der Waals surface area (Å²) in [5.41, 5.74) is 0.876. The number of thioether (sulfide) groups is 1. The van der Waals surface area contributed by atoms with Gasteiger partial charge in [-0.2, -0.15) is 0 Å². The molecule has 0 amide bonds. The van der Waals surface area contributed by atoms with Crippen LogP contribution >= 0.6 is 23.4 Å². The predicted molar refractivity (Wildman–Crippen MR) is 123 cm³/mol. The minimum Gasteiger partial charge on any atom is -0.478 e. The summed E-state index contributed by atoms with van der Waals surface area (Å²) in [6, 6.07) is 0. The van der Waals surface area contributed by atoms with E-state index in [0.717, 1.165) is 35.9 Å². The number of carbonyl (C=O) groups is 2. The van der Waals surface area contributed by atoms with Gasteiger partial charge in [-0.25, -0.2) is 14.0 Å². The highest BCUT2D eigenvalue weighted by Crippen LogP contribution is 2.49. The molecule has 32 heavy (non-hydrogen) atoms. The van der Waals surface area contributed by atoms with Crippen LogP contribution in [-0.4, -0.2) is 52.4 Å². The number of piperidine rings is 1. The topological polar surface area (TPSA) is 87.1 Å². The van der Waals surface area contributed by atoms with Crippen molar-refractivity contribution in [3.63, 3.8) is 0 Å². The molecule has 2 N–H and O–H groups in total. The van der Waals surface area contributed by atoms with Crippen LogP contribution < -0.4 is 0 Å². The van der Waals surface area contributed by atoms with E-state index in [-0.39, 0.29) is 11.1 Å². The van der Waals surface area contributed by atoms with Crippen molar-refractivity contribution < 1.29 is 28.9 Å². The summed E-state index contributed by atoms with van der Waals surface area (Å²) in [6.07, 6.45) is 13.1. The van der Waals surface area contributed by atoms with Gasteiger partial charge in [0.2, 0.25) is 0 Å². The third kappa shape index (κ3) is 6.60. The summed E-state index contributed by atoms with van der Waals surface area (Å²) in [4.78, 5) is 22.8. The van der Waals surface area contributed by atoms with Crippen molar-refractivity contribution in [2.24, 2.45) is 11.8 Å². The first-order valence-corrected chi connectivity index (χ1v) is 11.5. The van der Waals surface area contributed by atoms with E-state index in [1.165, 1.54) is 17.7 Å². The first-order valence-electron chi connectivity index (χ1n) is 10.2. The average molecular weight is 482 g/mol. The predicted octanol–water partition coefficient (Wildman–Crippen LogP) is 4.83. The Morgan fingerprint density at radius 1 is 1.22 bits per heavy atom. The summed E-state index contributed by atoms with van der Waals surface area (Å²) < 4.78 is 19.5. The molecule has 1 saturated heterocycles. The van der Waals surface area contributed by atoms with Crippen molar-refractivity contribution in [2.75, 3.05) is 20.1 Å². The van der Waals surface area contributed by atoms with Gasteiger partial charge in [0, 0.05) is 33.6 Å². The maximum atomic E-state index is 13.5. The summed E-state index contributed by atoms with van der Waals surface area (Å²) in [5, 5.41) is 16.6. The van der Waals surface area contributed by atoms with Gasteiger partial charge >= 0.3 is 11.9 Å². The zero-order chi connectivity index (χ0) is 23.3. The van der Waals surface area contributed by atoms with E-state index in [1.807, 2.05) is 12.2 Å². The highest BCUT2D eigenvalue weighted by molar-refractivity contribution is 8.04. The minimum absolute atomic E-state index is 0.121. The molecule has 0 aromatic carbocycles. The molecule has 0 saturated carbocycles. The highest BCUT2D eigenvalue weighted by Gasteiger charge is 2.36. The number of carboxylic acid groups (broad SMARTS) is 2. The SMILES string of the molecule is CN1CCC(C2CC(Cl)=CC3=C2SC2C=CC(F)=CC2=CO3)CC1.O=C(O)/C=C\C(=O)O. The molecule has 4 aliphatic rings. The zero-order valence-corrected chi connectivity index (χ0v) is 19.1. The van der Waals surface area contributed by atoms with Crippen LogP contribution in [0.3, 0.4) is 0 Å². The van der Waals surface area contributed by atoms with Gasteiger partial charge in [-0.15, -0.1) is 11.8 Å². The van der Waals surface area contributed by atoms with E-state index < -0.39 is 11.9 Å². The lowest BCUT2D eigenvalue weighted by Crippen LogP contribution is -2.34. The first kappa shape index (κ1) is 24.4. The smallest absolute Gasteiger partial charge is 0.328 e. The Labute approximate surface area is 195 Å². The standard InChI is InChI=1S/C19H21ClFNOS.C4H4O4/c1-22-6-4-12(5-7-22)16-9-14(20)10-17-19(16)24-18-3-2-15(21)8-13(18)11-23-17;5-3(6)1-2-4(7)8/h2-3,8,10-12,16,18H,4-7,9H2,1H3;1-2H,(H,5,6)(H,7,8)/b;2-1-. The number of hydrogen-bond donors (Lipinski definition) is 2. The molecule has 2 heterocycles. The number of halogens is 2. The second kappa shape index (κ2) is 11.0. The molecule has 6 nitrogen and oxygen atoms in total. The van der Waals surface area contributed by atoms with Crippen LogP contribution in [-0.2, 0) is 14.3 Å². The van der Waals surface area contributed by atoms with Crippen LogP contribution in [0.4, 0.5) is 4.39 Å². The molecule has 9 heteroatoms. The summed E-state index contributed by atoms with van der Waals surface area (Å²) in [5.74, 6) is -0.842. The normalized spacial score (nSPS) is 25.9. The van der Waals surface area contributed by atoms with Crippen molar-refractivity contribution in [3.05, 3.63) is 69.8 Å². The number of aliphatic carboxylic acids is 2. The molecule has 2 aliphatic heterocycles. The fourth-order valence-corrected chi connectivity index (χ4v) is 5.64. The zero-order valence-electron chi connectivity index (χ0n) is 17.5. The van der Waals surface area contributed by atoms with Gasteiger partial charge in [0.15, 0.2) is 0 Å². The van der Waals surface area contributed by atoms with Gasteiger partial charge in [0.1, 0.15) is 11.6 Å². The van der Waals surface area contributed by atoms with Crippen LogP contribution in [0, 0.1) is 11.8 Å². The van der Waals surface area contributed by atoms with Gasteiger partial charge in [0.25, 0.3) is 0 Å². The Kier molecular flexibility index (Phi) is 8.39. The molecule has 2 unspecified atom stereocenters.